The van der Waals surface area contributed by atoms with E-state index in [1.165, 1.54) is 18.4 Å². The lowest BCUT2D eigenvalue weighted by Gasteiger charge is -2.35. The highest BCUT2D eigenvalue weighted by molar-refractivity contribution is 5.97. The van der Waals surface area contributed by atoms with Gasteiger partial charge in [-0.3, -0.25) is 9.59 Å². The van der Waals surface area contributed by atoms with E-state index >= 15 is 0 Å². The van der Waals surface area contributed by atoms with Crippen LogP contribution in [0.25, 0.3) is 0 Å². The summed E-state index contributed by atoms with van der Waals surface area (Å²) < 4.78 is 18.5. The highest BCUT2D eigenvalue weighted by atomic mass is 19.1. The van der Waals surface area contributed by atoms with E-state index in [2.05, 4.69) is 5.32 Å². The van der Waals surface area contributed by atoms with Crippen molar-refractivity contribution in [2.75, 3.05) is 11.9 Å². The Morgan fingerprint density at radius 1 is 1.33 bits per heavy atom. The maximum Gasteiger partial charge on any atom is 0.290 e. The minimum atomic E-state index is -0.394. The van der Waals surface area contributed by atoms with Crippen molar-refractivity contribution in [1.82, 2.24) is 4.90 Å². The lowest BCUT2D eigenvalue weighted by molar-refractivity contribution is -0.124. The molecule has 3 atom stereocenters. The molecule has 2 aliphatic heterocycles. The van der Waals surface area contributed by atoms with Gasteiger partial charge in [0.2, 0.25) is 5.91 Å². The zero-order valence-electron chi connectivity index (χ0n) is 13.2. The first-order valence-corrected chi connectivity index (χ1v) is 7.96. The number of rotatable bonds is 3. The van der Waals surface area contributed by atoms with Crippen LogP contribution in [0.1, 0.15) is 22.5 Å². The second kappa shape index (κ2) is 5.47. The van der Waals surface area contributed by atoms with Crippen molar-refractivity contribution in [2.24, 2.45) is 11.8 Å². The van der Waals surface area contributed by atoms with Gasteiger partial charge in [0.1, 0.15) is 5.82 Å². The largest absolute Gasteiger partial charge is 0.459 e. The average molecular weight is 328 g/mol. The highest BCUT2D eigenvalue weighted by Crippen LogP contribution is 2.47. The second-order valence-corrected chi connectivity index (χ2v) is 6.48. The minimum Gasteiger partial charge on any atom is -0.459 e. The highest BCUT2D eigenvalue weighted by Gasteiger charge is 2.57. The van der Waals surface area contributed by atoms with Gasteiger partial charge < -0.3 is 14.6 Å². The fraction of sp³-hybridized carbons (Fsp3) is 0.333. The molecule has 2 bridgehead atoms. The van der Waals surface area contributed by atoms with Gasteiger partial charge in [-0.2, -0.15) is 0 Å². The van der Waals surface area contributed by atoms with Gasteiger partial charge in [0, 0.05) is 23.8 Å². The van der Waals surface area contributed by atoms with Crippen LogP contribution in [0.2, 0.25) is 0 Å². The Hall–Kier alpha value is -2.63. The molecule has 124 valence electrons. The number of carbonyl (C=O) groups is 2. The number of carbonyl (C=O) groups excluding carboxylic acids is 2. The molecule has 0 spiro atoms. The Kier molecular flexibility index (Phi) is 3.40. The van der Waals surface area contributed by atoms with E-state index in [9.17, 15) is 14.0 Å². The summed E-state index contributed by atoms with van der Waals surface area (Å²) in [6.07, 6.45) is 2.32. The van der Waals surface area contributed by atoms with Crippen LogP contribution < -0.4 is 5.32 Å². The summed E-state index contributed by atoms with van der Waals surface area (Å²) in [5.74, 6) is -0.462. The van der Waals surface area contributed by atoms with Crippen LogP contribution in [0.15, 0.2) is 41.0 Å². The summed E-state index contributed by atoms with van der Waals surface area (Å²) in [5.41, 5.74) is 1.23. The molecular weight excluding hydrogens is 311 g/mol. The van der Waals surface area contributed by atoms with Crippen LogP contribution in [0.5, 0.6) is 0 Å². The van der Waals surface area contributed by atoms with Gasteiger partial charge in [-0.15, -0.1) is 0 Å². The van der Waals surface area contributed by atoms with E-state index in [1.807, 2.05) is 6.92 Å². The smallest absolute Gasteiger partial charge is 0.290 e. The number of amides is 2. The Balaban J connectivity index is 1.47. The van der Waals surface area contributed by atoms with Crippen molar-refractivity contribution >= 4 is 17.5 Å². The van der Waals surface area contributed by atoms with Crippen molar-refractivity contribution in [3.8, 4) is 0 Å². The number of hydrogen-bond donors (Lipinski definition) is 1. The monoisotopic (exact) mass is 328 g/mol. The van der Waals surface area contributed by atoms with Gasteiger partial charge in [-0.05, 0) is 43.5 Å². The van der Waals surface area contributed by atoms with Crippen LogP contribution in [0, 0.1) is 24.6 Å². The first-order valence-electron chi connectivity index (χ1n) is 7.96. The first kappa shape index (κ1) is 14.9. The third kappa shape index (κ3) is 2.29. The third-order valence-electron chi connectivity index (χ3n) is 5.01. The van der Waals surface area contributed by atoms with Crippen LogP contribution in [0.4, 0.5) is 10.1 Å². The van der Waals surface area contributed by atoms with Gasteiger partial charge in [0.15, 0.2) is 5.76 Å². The van der Waals surface area contributed by atoms with Crippen molar-refractivity contribution < 1.29 is 18.4 Å². The standard InChI is InChI=1S/C18H17FN2O3/c1-10-5-6-24-16(10)18(23)21-9-11-7-14(21)15(11)17(22)20-13-4-2-3-12(19)8-13/h2-6,8,11,14-15H,7,9H2,1H3,(H,20,22). The molecule has 5 rings (SSSR count). The molecule has 1 aliphatic carbocycles. The Morgan fingerprint density at radius 2 is 2.17 bits per heavy atom. The molecule has 1 aromatic carbocycles. The van der Waals surface area contributed by atoms with Crippen LogP contribution in [0.3, 0.4) is 0 Å². The Morgan fingerprint density at radius 3 is 2.88 bits per heavy atom. The lowest BCUT2D eigenvalue weighted by Crippen LogP contribution is -2.47. The van der Waals surface area contributed by atoms with E-state index in [4.69, 9.17) is 4.42 Å². The van der Waals surface area contributed by atoms with Crippen molar-refractivity contribution in [1.29, 1.82) is 0 Å². The zero-order chi connectivity index (χ0) is 16.8. The maximum absolute atomic E-state index is 13.2. The van der Waals surface area contributed by atoms with E-state index in [-0.39, 0.29) is 29.7 Å². The van der Waals surface area contributed by atoms with Crippen molar-refractivity contribution in [3.05, 3.63) is 53.7 Å². The summed E-state index contributed by atoms with van der Waals surface area (Å²) in [5, 5.41) is 2.75. The number of nitrogens with zero attached hydrogens (tertiary/aromatic N) is 1. The molecule has 1 aromatic heterocycles. The predicted molar refractivity (Wildman–Crippen MR) is 84.9 cm³/mol. The molecule has 3 fully saturated rings. The molecule has 6 heteroatoms. The number of anilines is 1. The number of fused-ring (bicyclic) bond motifs is 1. The molecule has 3 unspecified atom stereocenters. The minimum absolute atomic E-state index is 0.111. The third-order valence-corrected chi connectivity index (χ3v) is 5.01. The van der Waals surface area contributed by atoms with Crippen molar-refractivity contribution in [2.45, 2.75) is 19.4 Å². The number of hydrogen-bond acceptors (Lipinski definition) is 3. The maximum atomic E-state index is 13.2. The van der Waals surface area contributed by atoms with E-state index in [0.29, 0.717) is 18.0 Å². The molecular formula is C18H17FN2O3. The Bertz CT molecular complexity index is 816. The van der Waals surface area contributed by atoms with E-state index in [0.717, 1.165) is 12.0 Å². The second-order valence-electron chi connectivity index (χ2n) is 6.48. The van der Waals surface area contributed by atoms with Crippen LogP contribution in [-0.2, 0) is 4.79 Å². The van der Waals surface area contributed by atoms with Gasteiger partial charge >= 0.3 is 0 Å². The molecule has 0 radical (unpaired) electrons. The van der Waals surface area contributed by atoms with E-state index in [1.54, 1.807) is 23.1 Å². The summed E-state index contributed by atoms with van der Waals surface area (Å²) in [6.45, 7) is 2.39. The topological polar surface area (TPSA) is 62.6 Å². The number of furan rings is 1. The molecule has 24 heavy (non-hydrogen) atoms. The first-order chi connectivity index (χ1) is 11.5. The van der Waals surface area contributed by atoms with Crippen LogP contribution in [-0.4, -0.2) is 29.3 Å². The van der Waals surface area contributed by atoms with Crippen LogP contribution >= 0.6 is 0 Å². The fourth-order valence-corrected chi connectivity index (χ4v) is 3.76. The van der Waals surface area contributed by atoms with Gasteiger partial charge in [-0.25, -0.2) is 4.39 Å². The molecule has 2 amide bonds. The number of aryl methyl sites for hydroxylation is 1. The number of halogens is 1. The Labute approximate surface area is 138 Å². The van der Waals surface area contributed by atoms with Crippen molar-refractivity contribution in [3.63, 3.8) is 0 Å². The van der Waals surface area contributed by atoms with Gasteiger partial charge in [0.05, 0.1) is 12.2 Å². The van der Waals surface area contributed by atoms with Gasteiger partial charge in [0.25, 0.3) is 5.91 Å². The lowest BCUT2D eigenvalue weighted by atomic mass is 9.73. The quantitative estimate of drug-likeness (QED) is 0.942. The SMILES string of the molecule is Cc1ccoc1C(=O)N1CC2CC1C2C(=O)Nc1cccc(F)c1. The van der Waals surface area contributed by atoms with Gasteiger partial charge in [-0.1, -0.05) is 6.07 Å². The fourth-order valence-electron chi connectivity index (χ4n) is 3.76. The average Bonchev–Trinajstić information content (AvgIpc) is 3.20. The normalized spacial score (nSPS) is 24.6. The molecule has 3 heterocycles. The molecule has 3 aliphatic rings. The summed E-state index contributed by atoms with van der Waals surface area (Å²) in [6, 6.07) is 7.46. The van der Waals surface area contributed by atoms with E-state index < -0.39 is 5.82 Å². The molecule has 1 saturated carbocycles. The summed E-state index contributed by atoms with van der Waals surface area (Å²) in [4.78, 5) is 26.8. The molecule has 2 saturated heterocycles. The molecule has 2 aromatic rings. The molecule has 5 nitrogen and oxygen atoms in total. The predicted octanol–water partition coefficient (Wildman–Crippen LogP) is 2.83. The number of benzene rings is 1. The zero-order valence-corrected chi connectivity index (χ0v) is 13.2. The number of nitrogens with one attached hydrogen (secondary N) is 1. The summed E-state index contributed by atoms with van der Waals surface area (Å²) >= 11 is 0. The summed E-state index contributed by atoms with van der Waals surface area (Å²) in [7, 11) is 0. The molecule has 1 N–H and O–H groups in total.